The van der Waals surface area contributed by atoms with Crippen LogP contribution in [0.2, 0.25) is 0 Å². The Kier molecular flexibility index (Phi) is 4.35. The first-order valence-corrected chi connectivity index (χ1v) is 7.73. The minimum atomic E-state index is -1.06. The summed E-state index contributed by atoms with van der Waals surface area (Å²) < 4.78 is 6.90. The van der Waals surface area contributed by atoms with E-state index in [1.165, 1.54) is 11.1 Å². The minimum Gasteiger partial charge on any atom is -0.479 e. The molecule has 0 spiro atoms. The molecule has 0 aliphatic carbocycles. The number of ether oxygens (including phenoxy) is 1. The second-order valence-electron chi connectivity index (χ2n) is 5.79. The van der Waals surface area contributed by atoms with E-state index in [9.17, 15) is 9.59 Å². The number of carbonyl (C=O) groups excluding carboxylic acids is 1. The van der Waals surface area contributed by atoms with Gasteiger partial charge in [-0.15, -0.1) is 0 Å². The van der Waals surface area contributed by atoms with Gasteiger partial charge in [0, 0.05) is 6.54 Å². The molecule has 1 atom stereocenters. The van der Waals surface area contributed by atoms with E-state index in [4.69, 9.17) is 9.84 Å². The molecule has 0 bridgehead atoms. The Hall–Kier alpha value is -2.67. The first-order chi connectivity index (χ1) is 11.5. The van der Waals surface area contributed by atoms with Gasteiger partial charge in [-0.05, 0) is 25.5 Å². The van der Waals surface area contributed by atoms with Gasteiger partial charge in [-0.1, -0.05) is 18.2 Å². The molecule has 1 aliphatic heterocycles. The van der Waals surface area contributed by atoms with Gasteiger partial charge in [0.25, 0.3) is 5.91 Å². The topological polar surface area (TPSA) is 84.7 Å². The van der Waals surface area contributed by atoms with Crippen molar-refractivity contribution in [1.29, 1.82) is 0 Å². The number of aryl methyl sites for hydroxylation is 1. The summed E-state index contributed by atoms with van der Waals surface area (Å²) in [6.45, 7) is 4.45. The molecule has 126 valence electrons. The highest BCUT2D eigenvalue weighted by Crippen LogP contribution is 2.19. The van der Waals surface area contributed by atoms with Crippen molar-refractivity contribution in [2.24, 2.45) is 0 Å². The average Bonchev–Trinajstić information content (AvgIpc) is 2.96. The third kappa shape index (κ3) is 2.90. The van der Waals surface area contributed by atoms with Crippen LogP contribution in [0.5, 0.6) is 0 Å². The Morgan fingerprint density at radius 2 is 2.04 bits per heavy atom. The van der Waals surface area contributed by atoms with Crippen LogP contribution in [0.1, 0.15) is 21.6 Å². The smallest absolute Gasteiger partial charge is 0.334 e. The molecule has 3 rings (SSSR count). The highest BCUT2D eigenvalue weighted by molar-refractivity contribution is 5.95. The Labute approximate surface area is 139 Å². The van der Waals surface area contributed by atoms with Gasteiger partial charge in [0.15, 0.2) is 6.10 Å². The molecule has 1 amide bonds. The van der Waals surface area contributed by atoms with E-state index in [0.29, 0.717) is 12.1 Å². The van der Waals surface area contributed by atoms with Gasteiger partial charge in [0.05, 0.1) is 36.3 Å². The molecule has 1 aromatic heterocycles. The zero-order valence-corrected chi connectivity index (χ0v) is 13.6. The summed E-state index contributed by atoms with van der Waals surface area (Å²) in [5.74, 6) is -1.28. The fraction of sp³-hybridized carbons (Fsp3) is 0.353. The van der Waals surface area contributed by atoms with Crippen molar-refractivity contribution >= 4 is 11.9 Å². The second kappa shape index (κ2) is 6.45. The quantitative estimate of drug-likeness (QED) is 0.920. The number of benzene rings is 1. The number of morpholine rings is 1. The summed E-state index contributed by atoms with van der Waals surface area (Å²) in [7, 11) is 0. The molecule has 2 heterocycles. The third-order valence-electron chi connectivity index (χ3n) is 4.21. The van der Waals surface area contributed by atoms with Gasteiger partial charge in [-0.3, -0.25) is 4.79 Å². The normalized spacial score (nSPS) is 17.8. The predicted octanol–water partition coefficient (Wildman–Crippen LogP) is 1.41. The number of hydrogen-bond donors (Lipinski definition) is 1. The maximum Gasteiger partial charge on any atom is 0.334 e. The minimum absolute atomic E-state index is 0.0448. The number of amides is 1. The number of carboxylic acid groups (broad SMARTS) is 1. The number of aromatic nitrogens is 2. The summed E-state index contributed by atoms with van der Waals surface area (Å²) in [6, 6.07) is 7.80. The van der Waals surface area contributed by atoms with Crippen molar-refractivity contribution in [2.45, 2.75) is 20.0 Å². The number of hydrogen-bond acceptors (Lipinski definition) is 4. The highest BCUT2D eigenvalue weighted by atomic mass is 16.5. The standard InChI is InChI=1S/C17H19N3O4/c1-11-5-3-4-6-14(11)20-12(2)13(9-18-20)16(21)19-7-8-24-15(10-19)17(22)23/h3-6,9,15H,7-8,10H2,1-2H3,(H,22,23)/t15-/m1/s1. The lowest BCUT2D eigenvalue weighted by molar-refractivity contribution is -0.154. The number of para-hydroxylation sites is 1. The summed E-state index contributed by atoms with van der Waals surface area (Å²) in [5, 5.41) is 13.4. The maximum absolute atomic E-state index is 12.7. The predicted molar refractivity (Wildman–Crippen MR) is 86.3 cm³/mol. The number of rotatable bonds is 3. The van der Waals surface area contributed by atoms with Crippen LogP contribution >= 0.6 is 0 Å². The Bertz CT molecular complexity index is 784. The SMILES string of the molecule is Cc1ccccc1-n1ncc(C(=O)N2CCO[C@@H](C(=O)O)C2)c1C. The van der Waals surface area contributed by atoms with Crippen LogP contribution in [0.3, 0.4) is 0 Å². The number of nitrogens with zero attached hydrogens (tertiary/aromatic N) is 3. The fourth-order valence-corrected chi connectivity index (χ4v) is 2.82. The second-order valence-corrected chi connectivity index (χ2v) is 5.79. The largest absolute Gasteiger partial charge is 0.479 e. The lowest BCUT2D eigenvalue weighted by Crippen LogP contribution is -2.48. The van der Waals surface area contributed by atoms with Gasteiger partial charge in [-0.2, -0.15) is 5.10 Å². The van der Waals surface area contributed by atoms with Crippen molar-refractivity contribution in [3.63, 3.8) is 0 Å². The van der Waals surface area contributed by atoms with Crippen LogP contribution < -0.4 is 0 Å². The average molecular weight is 329 g/mol. The summed E-state index contributed by atoms with van der Waals surface area (Å²) in [4.78, 5) is 25.3. The lowest BCUT2D eigenvalue weighted by atomic mass is 10.1. The highest BCUT2D eigenvalue weighted by Gasteiger charge is 2.31. The van der Waals surface area contributed by atoms with Crippen molar-refractivity contribution in [1.82, 2.24) is 14.7 Å². The third-order valence-corrected chi connectivity index (χ3v) is 4.21. The van der Waals surface area contributed by atoms with E-state index in [-0.39, 0.29) is 19.1 Å². The monoisotopic (exact) mass is 329 g/mol. The number of carbonyl (C=O) groups is 2. The fourth-order valence-electron chi connectivity index (χ4n) is 2.82. The maximum atomic E-state index is 12.7. The van der Waals surface area contributed by atoms with Crippen LogP contribution in [-0.2, 0) is 9.53 Å². The van der Waals surface area contributed by atoms with Crippen molar-refractivity contribution in [3.05, 3.63) is 47.3 Å². The first kappa shape index (κ1) is 16.2. The summed E-state index contributed by atoms with van der Waals surface area (Å²) in [6.07, 6.45) is 0.560. The van der Waals surface area contributed by atoms with E-state index in [1.54, 1.807) is 4.68 Å². The van der Waals surface area contributed by atoms with Crippen LogP contribution in [0, 0.1) is 13.8 Å². The van der Waals surface area contributed by atoms with Gasteiger partial charge in [0.1, 0.15) is 0 Å². The molecule has 2 aromatic rings. The lowest BCUT2D eigenvalue weighted by Gasteiger charge is -2.30. The number of aliphatic carboxylic acids is 1. The molecule has 1 saturated heterocycles. The molecular weight excluding hydrogens is 310 g/mol. The molecule has 1 fully saturated rings. The molecule has 1 N–H and O–H groups in total. The molecule has 0 saturated carbocycles. The molecule has 24 heavy (non-hydrogen) atoms. The molecule has 7 nitrogen and oxygen atoms in total. The number of carboxylic acids is 1. The molecular formula is C17H19N3O4. The van der Waals surface area contributed by atoms with E-state index >= 15 is 0 Å². The van der Waals surface area contributed by atoms with Crippen molar-refractivity contribution in [3.8, 4) is 5.69 Å². The van der Waals surface area contributed by atoms with E-state index < -0.39 is 12.1 Å². The van der Waals surface area contributed by atoms with Gasteiger partial charge in [-0.25, -0.2) is 9.48 Å². The van der Waals surface area contributed by atoms with Gasteiger partial charge >= 0.3 is 5.97 Å². The van der Waals surface area contributed by atoms with E-state index in [0.717, 1.165) is 16.9 Å². The van der Waals surface area contributed by atoms with Crippen LogP contribution in [0.25, 0.3) is 5.69 Å². The first-order valence-electron chi connectivity index (χ1n) is 7.73. The van der Waals surface area contributed by atoms with E-state index in [1.807, 2.05) is 38.1 Å². The van der Waals surface area contributed by atoms with Crippen LogP contribution in [-0.4, -0.2) is 57.5 Å². The molecule has 1 aromatic carbocycles. The van der Waals surface area contributed by atoms with E-state index in [2.05, 4.69) is 5.10 Å². The van der Waals surface area contributed by atoms with Gasteiger partial charge < -0.3 is 14.7 Å². The molecule has 7 heteroatoms. The van der Waals surface area contributed by atoms with Crippen molar-refractivity contribution in [2.75, 3.05) is 19.7 Å². The molecule has 1 aliphatic rings. The Morgan fingerprint density at radius 3 is 2.75 bits per heavy atom. The zero-order chi connectivity index (χ0) is 17.3. The van der Waals surface area contributed by atoms with Crippen molar-refractivity contribution < 1.29 is 19.4 Å². The molecule has 0 unspecified atom stereocenters. The Balaban J connectivity index is 1.87. The summed E-state index contributed by atoms with van der Waals surface area (Å²) >= 11 is 0. The zero-order valence-electron chi connectivity index (χ0n) is 13.6. The molecule has 0 radical (unpaired) electrons. The Morgan fingerprint density at radius 1 is 1.29 bits per heavy atom. The van der Waals surface area contributed by atoms with Crippen LogP contribution in [0.15, 0.2) is 30.5 Å². The van der Waals surface area contributed by atoms with Crippen LogP contribution in [0.4, 0.5) is 0 Å². The summed E-state index contributed by atoms with van der Waals surface area (Å²) in [5.41, 5.74) is 3.18. The van der Waals surface area contributed by atoms with Gasteiger partial charge in [0.2, 0.25) is 0 Å².